The van der Waals surface area contributed by atoms with Crippen molar-refractivity contribution in [2.45, 2.75) is 45.8 Å². The van der Waals surface area contributed by atoms with Crippen LogP contribution in [-0.4, -0.2) is 27.9 Å². The Labute approximate surface area is 95.2 Å². The van der Waals surface area contributed by atoms with Crippen molar-refractivity contribution in [1.29, 1.82) is 0 Å². The van der Waals surface area contributed by atoms with Crippen LogP contribution in [0.3, 0.4) is 0 Å². The summed E-state index contributed by atoms with van der Waals surface area (Å²) >= 11 is 0. The molecular weight excluding hydrogens is 206 g/mol. The van der Waals surface area contributed by atoms with Gasteiger partial charge in [0.15, 0.2) is 5.82 Å². The topological polar surface area (TPSA) is 71.2 Å². The van der Waals surface area contributed by atoms with Crippen LogP contribution >= 0.6 is 0 Å². The van der Waals surface area contributed by atoms with Crippen molar-refractivity contribution in [3.63, 3.8) is 0 Å². The molecule has 0 aromatic carbocycles. The van der Waals surface area contributed by atoms with Gasteiger partial charge in [0.1, 0.15) is 0 Å². The summed E-state index contributed by atoms with van der Waals surface area (Å²) in [7, 11) is 0. The molecule has 2 heterocycles. The molecule has 1 aliphatic heterocycles. The summed E-state index contributed by atoms with van der Waals surface area (Å²) in [5.74, 6) is 1.33. The fourth-order valence-corrected chi connectivity index (χ4v) is 1.86. The quantitative estimate of drug-likeness (QED) is 0.787. The summed E-state index contributed by atoms with van der Waals surface area (Å²) < 4.78 is 5.21. The first-order chi connectivity index (χ1) is 7.44. The van der Waals surface area contributed by atoms with E-state index >= 15 is 0 Å². The minimum atomic E-state index is -0.303. The minimum absolute atomic E-state index is 0.0104. The molecule has 5 nitrogen and oxygen atoms in total. The first-order valence-corrected chi connectivity index (χ1v) is 5.68. The molecule has 0 aliphatic carbocycles. The van der Waals surface area contributed by atoms with E-state index in [1.807, 2.05) is 0 Å². The van der Waals surface area contributed by atoms with Crippen LogP contribution in [0.2, 0.25) is 0 Å². The van der Waals surface area contributed by atoms with Crippen molar-refractivity contribution < 1.29 is 9.63 Å². The number of aromatic nitrogens is 2. The largest absolute Gasteiger partial charge is 0.392 e. The van der Waals surface area contributed by atoms with Gasteiger partial charge in [0, 0.05) is 13.0 Å². The van der Waals surface area contributed by atoms with Gasteiger partial charge in [-0.3, -0.25) is 0 Å². The lowest BCUT2D eigenvalue weighted by Gasteiger charge is -2.14. The number of hydrogen-bond donors (Lipinski definition) is 2. The van der Waals surface area contributed by atoms with E-state index in [2.05, 4.69) is 36.2 Å². The molecule has 0 amide bonds. The number of nitrogens with one attached hydrogen (secondary N) is 1. The highest BCUT2D eigenvalue weighted by atomic mass is 16.5. The molecule has 0 radical (unpaired) electrons. The normalized spacial score (nSPS) is 26.2. The molecule has 2 rings (SSSR count). The van der Waals surface area contributed by atoms with E-state index in [0.717, 1.165) is 12.2 Å². The van der Waals surface area contributed by atoms with Crippen LogP contribution in [0.15, 0.2) is 4.52 Å². The smallest absolute Gasteiger partial charge is 0.243 e. The Morgan fingerprint density at radius 1 is 1.50 bits per heavy atom. The maximum Gasteiger partial charge on any atom is 0.243 e. The van der Waals surface area contributed by atoms with Gasteiger partial charge in [0.25, 0.3) is 0 Å². The minimum Gasteiger partial charge on any atom is -0.392 e. The SMILES string of the molecule is CC(C)(C)Cc1noc(C2CC(O)CN2)n1. The summed E-state index contributed by atoms with van der Waals surface area (Å²) in [4.78, 5) is 4.36. The van der Waals surface area contributed by atoms with E-state index in [-0.39, 0.29) is 17.6 Å². The van der Waals surface area contributed by atoms with Crippen LogP contribution in [0.5, 0.6) is 0 Å². The van der Waals surface area contributed by atoms with Gasteiger partial charge in [-0.25, -0.2) is 0 Å². The third-order valence-corrected chi connectivity index (χ3v) is 2.58. The molecule has 2 unspecified atom stereocenters. The molecule has 16 heavy (non-hydrogen) atoms. The lowest BCUT2D eigenvalue weighted by atomic mass is 9.92. The van der Waals surface area contributed by atoms with Gasteiger partial charge in [-0.1, -0.05) is 25.9 Å². The number of aliphatic hydroxyl groups is 1. The van der Waals surface area contributed by atoms with Crippen LogP contribution in [0.1, 0.15) is 44.9 Å². The lowest BCUT2D eigenvalue weighted by Crippen LogP contribution is -2.15. The van der Waals surface area contributed by atoms with Crippen LogP contribution in [0.25, 0.3) is 0 Å². The zero-order valence-electron chi connectivity index (χ0n) is 10.0. The van der Waals surface area contributed by atoms with Crippen molar-refractivity contribution in [3.05, 3.63) is 11.7 Å². The fraction of sp³-hybridized carbons (Fsp3) is 0.818. The van der Waals surface area contributed by atoms with Crippen LogP contribution < -0.4 is 5.32 Å². The van der Waals surface area contributed by atoms with Gasteiger partial charge >= 0.3 is 0 Å². The molecule has 1 aromatic heterocycles. The third-order valence-electron chi connectivity index (χ3n) is 2.58. The van der Waals surface area contributed by atoms with Crippen molar-refractivity contribution in [2.75, 3.05) is 6.54 Å². The summed E-state index contributed by atoms with van der Waals surface area (Å²) in [6, 6.07) is 0.0104. The Kier molecular flexibility index (Phi) is 2.99. The number of nitrogens with zero attached hydrogens (tertiary/aromatic N) is 2. The van der Waals surface area contributed by atoms with E-state index in [1.54, 1.807) is 0 Å². The first kappa shape index (κ1) is 11.5. The highest BCUT2D eigenvalue weighted by molar-refractivity contribution is 4.98. The molecule has 1 saturated heterocycles. The monoisotopic (exact) mass is 225 g/mol. The number of aliphatic hydroxyl groups excluding tert-OH is 1. The molecular formula is C11H19N3O2. The summed E-state index contributed by atoms with van der Waals surface area (Å²) in [5.41, 5.74) is 0.157. The molecule has 2 N–H and O–H groups in total. The maximum absolute atomic E-state index is 9.40. The van der Waals surface area contributed by atoms with E-state index in [9.17, 15) is 5.11 Å². The predicted octanol–water partition coefficient (Wildman–Crippen LogP) is 1.05. The van der Waals surface area contributed by atoms with Crippen molar-refractivity contribution in [2.24, 2.45) is 5.41 Å². The van der Waals surface area contributed by atoms with E-state index in [4.69, 9.17) is 4.52 Å². The summed E-state index contributed by atoms with van der Waals surface area (Å²) in [5, 5.41) is 16.5. The second-order valence-corrected chi connectivity index (χ2v) is 5.64. The number of hydrogen-bond acceptors (Lipinski definition) is 5. The van der Waals surface area contributed by atoms with Crippen molar-refractivity contribution in [1.82, 2.24) is 15.5 Å². The third kappa shape index (κ3) is 2.80. The maximum atomic E-state index is 9.40. The van der Waals surface area contributed by atoms with Gasteiger partial charge in [0.05, 0.1) is 12.1 Å². The van der Waals surface area contributed by atoms with Gasteiger partial charge < -0.3 is 14.9 Å². The molecule has 0 bridgehead atoms. The Morgan fingerprint density at radius 3 is 2.81 bits per heavy atom. The predicted molar refractivity (Wildman–Crippen MR) is 58.8 cm³/mol. The lowest BCUT2D eigenvalue weighted by molar-refractivity contribution is 0.191. The van der Waals surface area contributed by atoms with Crippen LogP contribution in [0, 0.1) is 5.41 Å². The van der Waals surface area contributed by atoms with Crippen LogP contribution in [0.4, 0.5) is 0 Å². The van der Waals surface area contributed by atoms with Gasteiger partial charge in [0.2, 0.25) is 5.89 Å². The summed E-state index contributed by atoms with van der Waals surface area (Å²) in [6.07, 6.45) is 1.14. The molecule has 0 spiro atoms. The molecule has 2 atom stereocenters. The van der Waals surface area contributed by atoms with Crippen LogP contribution in [-0.2, 0) is 6.42 Å². The molecule has 5 heteroatoms. The fourth-order valence-electron chi connectivity index (χ4n) is 1.86. The van der Waals surface area contributed by atoms with Crippen molar-refractivity contribution in [3.8, 4) is 0 Å². The highest BCUT2D eigenvalue weighted by Crippen LogP contribution is 2.24. The highest BCUT2D eigenvalue weighted by Gasteiger charge is 2.28. The van der Waals surface area contributed by atoms with Crippen molar-refractivity contribution >= 4 is 0 Å². The standard InChI is InChI=1S/C11H19N3O2/c1-11(2,3)5-9-13-10(16-14-9)8-4-7(15)6-12-8/h7-8,12,15H,4-6H2,1-3H3. The molecule has 0 saturated carbocycles. The average molecular weight is 225 g/mol. The molecule has 1 fully saturated rings. The van der Waals surface area contributed by atoms with Gasteiger partial charge in [-0.05, 0) is 11.8 Å². The average Bonchev–Trinajstić information content (AvgIpc) is 2.71. The summed E-state index contributed by atoms with van der Waals surface area (Å²) in [6.45, 7) is 7.02. The second kappa shape index (κ2) is 4.14. The van der Waals surface area contributed by atoms with E-state index in [1.165, 1.54) is 0 Å². The molecule has 1 aromatic rings. The Bertz CT molecular complexity index is 356. The van der Waals surface area contributed by atoms with Gasteiger partial charge in [-0.2, -0.15) is 4.98 Å². The zero-order valence-corrected chi connectivity index (χ0v) is 10.0. The number of β-amino-alcohol motifs (C(OH)–C–C–N with tert-alkyl or cyclic N) is 1. The number of rotatable bonds is 2. The Balaban J connectivity index is 2.02. The molecule has 1 aliphatic rings. The van der Waals surface area contributed by atoms with Gasteiger partial charge in [-0.15, -0.1) is 0 Å². The Morgan fingerprint density at radius 2 is 2.25 bits per heavy atom. The Hall–Kier alpha value is -0.940. The second-order valence-electron chi connectivity index (χ2n) is 5.64. The molecule has 90 valence electrons. The van der Waals surface area contributed by atoms with E-state index in [0.29, 0.717) is 18.9 Å². The first-order valence-electron chi connectivity index (χ1n) is 5.68. The zero-order chi connectivity index (χ0) is 11.8. The van der Waals surface area contributed by atoms with E-state index < -0.39 is 0 Å².